The van der Waals surface area contributed by atoms with Gasteiger partial charge < -0.3 is 10.1 Å². The van der Waals surface area contributed by atoms with Crippen LogP contribution in [-0.2, 0) is 11.3 Å². The maximum Gasteiger partial charge on any atom is 0.251 e. The van der Waals surface area contributed by atoms with Crippen LogP contribution in [0.25, 0.3) is 0 Å². The molecular weight excluding hydrogens is 274 g/mol. The summed E-state index contributed by atoms with van der Waals surface area (Å²) >= 11 is 0. The van der Waals surface area contributed by atoms with E-state index < -0.39 is 0 Å². The summed E-state index contributed by atoms with van der Waals surface area (Å²) in [4.78, 5) is 12.7. The first kappa shape index (κ1) is 14.3. The lowest BCUT2D eigenvalue weighted by Gasteiger charge is -2.56. The highest BCUT2D eigenvalue weighted by Crippen LogP contribution is 2.55. The van der Waals surface area contributed by atoms with Crippen LogP contribution in [-0.4, -0.2) is 18.6 Å². The Balaban J connectivity index is 1.47. The fourth-order valence-corrected chi connectivity index (χ4v) is 5.50. The lowest BCUT2D eigenvalue weighted by atomic mass is 9.53. The van der Waals surface area contributed by atoms with Crippen LogP contribution >= 0.6 is 0 Å². The summed E-state index contributed by atoms with van der Waals surface area (Å²) in [5.41, 5.74) is 1.97. The van der Waals surface area contributed by atoms with Gasteiger partial charge in [-0.1, -0.05) is 12.1 Å². The van der Waals surface area contributed by atoms with Gasteiger partial charge in [0.1, 0.15) is 0 Å². The van der Waals surface area contributed by atoms with E-state index in [9.17, 15) is 4.79 Å². The van der Waals surface area contributed by atoms with Crippen LogP contribution in [0.4, 0.5) is 0 Å². The Morgan fingerprint density at radius 1 is 1.09 bits per heavy atom. The van der Waals surface area contributed by atoms with Crippen LogP contribution < -0.4 is 5.32 Å². The molecule has 0 aromatic heterocycles. The van der Waals surface area contributed by atoms with E-state index in [0.717, 1.165) is 28.9 Å². The molecule has 0 radical (unpaired) electrons. The summed E-state index contributed by atoms with van der Waals surface area (Å²) in [5, 5.41) is 3.42. The van der Waals surface area contributed by atoms with Crippen LogP contribution in [0.3, 0.4) is 0 Å². The van der Waals surface area contributed by atoms with Gasteiger partial charge in [0.2, 0.25) is 0 Å². The summed E-state index contributed by atoms with van der Waals surface area (Å²) in [7, 11) is 1.69. The smallest absolute Gasteiger partial charge is 0.251 e. The molecule has 4 aliphatic rings. The summed E-state index contributed by atoms with van der Waals surface area (Å²) in [5.74, 6) is 2.67. The second-order valence-corrected chi connectivity index (χ2v) is 7.78. The van der Waals surface area contributed by atoms with E-state index in [-0.39, 0.29) is 11.4 Å². The van der Waals surface area contributed by atoms with Crippen molar-refractivity contribution in [3.8, 4) is 0 Å². The predicted molar refractivity (Wildman–Crippen MR) is 85.5 cm³/mol. The first-order valence-electron chi connectivity index (χ1n) is 8.56. The number of hydrogen-bond acceptors (Lipinski definition) is 2. The number of hydrogen-bond donors (Lipinski definition) is 1. The molecule has 1 aromatic carbocycles. The normalized spacial score (nSPS) is 35.6. The number of nitrogens with one attached hydrogen (secondary N) is 1. The molecule has 0 saturated heterocycles. The molecule has 0 unspecified atom stereocenters. The number of carbonyl (C=O) groups excluding carboxylic acids is 1. The van der Waals surface area contributed by atoms with E-state index in [1.54, 1.807) is 7.11 Å². The zero-order valence-corrected chi connectivity index (χ0v) is 13.3. The Morgan fingerprint density at radius 2 is 1.64 bits per heavy atom. The van der Waals surface area contributed by atoms with Crippen LogP contribution in [0.1, 0.15) is 54.4 Å². The van der Waals surface area contributed by atoms with Gasteiger partial charge in [-0.25, -0.2) is 0 Å². The van der Waals surface area contributed by atoms with Crippen LogP contribution in [0, 0.1) is 17.8 Å². The Labute approximate surface area is 132 Å². The summed E-state index contributed by atoms with van der Waals surface area (Å²) in [6.45, 7) is 0.594. The number of benzene rings is 1. The molecule has 0 aliphatic heterocycles. The molecule has 4 fully saturated rings. The maximum atomic E-state index is 12.7. The van der Waals surface area contributed by atoms with Gasteiger partial charge in [-0.2, -0.15) is 0 Å². The van der Waals surface area contributed by atoms with Gasteiger partial charge in [-0.3, -0.25) is 4.79 Å². The number of ether oxygens (including phenoxy) is 1. The molecule has 4 aliphatic carbocycles. The minimum Gasteiger partial charge on any atom is -0.380 e. The third kappa shape index (κ3) is 2.56. The van der Waals surface area contributed by atoms with Crippen LogP contribution in [0.5, 0.6) is 0 Å². The number of carbonyl (C=O) groups is 1. The molecule has 4 saturated carbocycles. The van der Waals surface area contributed by atoms with Crippen molar-refractivity contribution in [3.63, 3.8) is 0 Å². The van der Waals surface area contributed by atoms with E-state index in [1.165, 1.54) is 38.5 Å². The molecule has 1 aromatic rings. The monoisotopic (exact) mass is 299 g/mol. The SMILES string of the molecule is COCc1ccc(C(=O)NC23CC4CC(CC(C4)C2)C3)cc1. The minimum atomic E-state index is 0.0943. The highest BCUT2D eigenvalue weighted by Gasteiger charge is 2.51. The Hall–Kier alpha value is -1.35. The molecule has 1 amide bonds. The molecule has 1 N–H and O–H groups in total. The first-order chi connectivity index (χ1) is 10.7. The third-order valence-corrected chi connectivity index (χ3v) is 5.94. The van der Waals surface area contributed by atoms with Gasteiger partial charge in [0.25, 0.3) is 5.91 Å². The van der Waals surface area contributed by atoms with E-state index in [0.29, 0.717) is 6.61 Å². The topological polar surface area (TPSA) is 38.3 Å². The lowest BCUT2D eigenvalue weighted by Crippen LogP contribution is -2.59. The molecule has 4 bridgehead atoms. The van der Waals surface area contributed by atoms with Crippen molar-refractivity contribution in [1.29, 1.82) is 0 Å². The molecule has 22 heavy (non-hydrogen) atoms. The zero-order valence-electron chi connectivity index (χ0n) is 13.3. The predicted octanol–water partition coefficient (Wildman–Crippen LogP) is 3.53. The fourth-order valence-electron chi connectivity index (χ4n) is 5.50. The summed E-state index contributed by atoms with van der Waals surface area (Å²) in [6, 6.07) is 7.81. The molecule has 3 nitrogen and oxygen atoms in total. The van der Waals surface area contributed by atoms with Gasteiger partial charge >= 0.3 is 0 Å². The molecule has 0 heterocycles. The molecule has 118 valence electrons. The van der Waals surface area contributed by atoms with Crippen molar-refractivity contribution in [2.45, 2.75) is 50.7 Å². The summed E-state index contributed by atoms with van der Waals surface area (Å²) < 4.78 is 5.12. The van der Waals surface area contributed by atoms with Gasteiger partial charge in [0, 0.05) is 18.2 Å². The molecule has 3 heteroatoms. The Morgan fingerprint density at radius 3 is 2.14 bits per heavy atom. The van der Waals surface area contributed by atoms with Crippen molar-refractivity contribution >= 4 is 5.91 Å². The molecule has 0 spiro atoms. The number of methoxy groups -OCH3 is 1. The molecule has 0 atom stereocenters. The van der Waals surface area contributed by atoms with Crippen molar-refractivity contribution in [3.05, 3.63) is 35.4 Å². The second-order valence-electron chi connectivity index (χ2n) is 7.78. The first-order valence-corrected chi connectivity index (χ1v) is 8.56. The Kier molecular flexibility index (Phi) is 3.48. The number of rotatable bonds is 4. The van der Waals surface area contributed by atoms with E-state index in [2.05, 4.69) is 5.32 Å². The van der Waals surface area contributed by atoms with Crippen LogP contribution in [0.15, 0.2) is 24.3 Å². The molecule has 5 rings (SSSR count). The summed E-state index contributed by atoms with van der Waals surface area (Å²) in [6.07, 6.45) is 7.81. The van der Waals surface area contributed by atoms with Crippen LogP contribution in [0.2, 0.25) is 0 Å². The fraction of sp³-hybridized carbons (Fsp3) is 0.632. The molecular formula is C19H25NO2. The minimum absolute atomic E-state index is 0.0943. The maximum absolute atomic E-state index is 12.7. The highest BCUT2D eigenvalue weighted by molar-refractivity contribution is 5.94. The number of amides is 1. The van der Waals surface area contributed by atoms with Gasteiger partial charge in [0.15, 0.2) is 0 Å². The van der Waals surface area contributed by atoms with Crippen molar-refractivity contribution in [2.75, 3.05) is 7.11 Å². The second kappa shape index (κ2) is 5.38. The third-order valence-electron chi connectivity index (χ3n) is 5.94. The van der Waals surface area contributed by atoms with E-state index in [1.807, 2.05) is 24.3 Å². The quantitative estimate of drug-likeness (QED) is 0.923. The standard InChI is InChI=1S/C19H25NO2/c1-22-12-13-2-4-17(5-3-13)18(21)20-19-9-14-6-15(10-19)8-16(7-14)11-19/h2-5,14-16H,6-12H2,1H3,(H,20,21). The average molecular weight is 299 g/mol. The van der Waals surface area contributed by atoms with Gasteiger partial charge in [-0.15, -0.1) is 0 Å². The Bertz CT molecular complexity index is 528. The van der Waals surface area contributed by atoms with E-state index >= 15 is 0 Å². The van der Waals surface area contributed by atoms with Crippen molar-refractivity contribution < 1.29 is 9.53 Å². The van der Waals surface area contributed by atoms with Gasteiger partial charge in [0.05, 0.1) is 6.61 Å². The zero-order chi connectivity index (χ0) is 15.2. The lowest BCUT2D eigenvalue weighted by molar-refractivity contribution is -0.0167. The van der Waals surface area contributed by atoms with Crippen molar-refractivity contribution in [2.24, 2.45) is 17.8 Å². The van der Waals surface area contributed by atoms with Crippen molar-refractivity contribution in [1.82, 2.24) is 5.32 Å². The van der Waals surface area contributed by atoms with Gasteiger partial charge in [-0.05, 0) is 74.0 Å². The van der Waals surface area contributed by atoms with E-state index in [4.69, 9.17) is 4.74 Å². The average Bonchev–Trinajstić information content (AvgIpc) is 2.46. The largest absolute Gasteiger partial charge is 0.380 e. The highest BCUT2D eigenvalue weighted by atomic mass is 16.5.